The van der Waals surface area contributed by atoms with Gasteiger partial charge in [0.05, 0.1) is 23.1 Å². The molecule has 2 saturated carbocycles. The van der Waals surface area contributed by atoms with Crippen LogP contribution in [0.4, 0.5) is 4.39 Å². The van der Waals surface area contributed by atoms with Gasteiger partial charge in [0.2, 0.25) is 0 Å². The quantitative estimate of drug-likeness (QED) is 0.320. The highest BCUT2D eigenvalue weighted by atomic mass is 32.2. The molecular formula is C31H37FN6O3S. The number of carbonyl (C=O) groups excluding carboxylic acids is 1. The SMILES string of the molecule is CS(=O)CCn1c(-c2cc3ccc(C(C)(C)O)nc3n2CC2CC2)nc2cc(C(=O)N3C[C@H]4CC[C@H]4[C@H]3N)cc(F)c21. The number of hydrogen-bond acceptors (Lipinski definition) is 6. The molecule has 3 aliphatic rings. The molecule has 1 amide bonds. The van der Waals surface area contributed by atoms with Crippen LogP contribution in [-0.2, 0) is 29.5 Å². The molecule has 7 rings (SSSR count). The zero-order valence-corrected chi connectivity index (χ0v) is 25.0. The van der Waals surface area contributed by atoms with Gasteiger partial charge in [-0.15, -0.1) is 0 Å². The van der Waals surface area contributed by atoms with E-state index in [1.807, 2.05) is 18.2 Å². The third kappa shape index (κ3) is 4.66. The van der Waals surface area contributed by atoms with Crippen LogP contribution < -0.4 is 5.73 Å². The van der Waals surface area contributed by atoms with Crippen LogP contribution in [0, 0.1) is 23.6 Å². The van der Waals surface area contributed by atoms with Gasteiger partial charge in [-0.3, -0.25) is 9.00 Å². The number of aromatic nitrogens is 4. The summed E-state index contributed by atoms with van der Waals surface area (Å²) in [6, 6.07) is 8.72. The molecule has 4 heterocycles. The second-order valence-electron chi connectivity index (χ2n) is 12.9. The number of likely N-dealkylation sites (tertiary alicyclic amines) is 1. The molecule has 2 aliphatic carbocycles. The average Bonchev–Trinajstić information content (AvgIpc) is 3.48. The molecule has 11 heteroatoms. The Morgan fingerprint density at radius 2 is 1.93 bits per heavy atom. The zero-order valence-electron chi connectivity index (χ0n) is 24.2. The number of benzene rings is 1. The fourth-order valence-corrected chi connectivity index (χ4v) is 7.07. The summed E-state index contributed by atoms with van der Waals surface area (Å²) >= 11 is 0. The van der Waals surface area contributed by atoms with E-state index < -0.39 is 22.2 Å². The van der Waals surface area contributed by atoms with Crippen LogP contribution in [0.15, 0.2) is 30.3 Å². The van der Waals surface area contributed by atoms with Gasteiger partial charge in [0.1, 0.15) is 22.6 Å². The van der Waals surface area contributed by atoms with Crippen LogP contribution >= 0.6 is 0 Å². The number of halogens is 1. The first-order valence-electron chi connectivity index (χ1n) is 14.8. The van der Waals surface area contributed by atoms with Crippen molar-refractivity contribution in [2.75, 3.05) is 18.6 Å². The maximum Gasteiger partial charge on any atom is 0.255 e. The monoisotopic (exact) mass is 592 g/mol. The lowest BCUT2D eigenvalue weighted by Crippen LogP contribution is -2.44. The fourth-order valence-electron chi connectivity index (χ4n) is 6.63. The lowest BCUT2D eigenvalue weighted by atomic mass is 9.75. The van der Waals surface area contributed by atoms with E-state index in [0.717, 1.165) is 49.0 Å². The number of hydrogen-bond donors (Lipinski definition) is 2. The number of aryl methyl sites for hydroxylation is 1. The van der Waals surface area contributed by atoms with Crippen molar-refractivity contribution in [1.29, 1.82) is 0 Å². The van der Waals surface area contributed by atoms with E-state index in [9.17, 15) is 14.1 Å². The Bertz CT molecular complexity index is 1750. The van der Waals surface area contributed by atoms with Gasteiger partial charge in [0.15, 0.2) is 5.82 Å². The number of fused-ring (bicyclic) bond motifs is 3. The molecule has 222 valence electrons. The highest BCUT2D eigenvalue weighted by Crippen LogP contribution is 2.44. The molecule has 9 nitrogen and oxygen atoms in total. The smallest absolute Gasteiger partial charge is 0.255 e. The number of carbonyl (C=O) groups is 1. The van der Waals surface area contributed by atoms with Gasteiger partial charge in [-0.05, 0) is 87.6 Å². The summed E-state index contributed by atoms with van der Waals surface area (Å²) in [4.78, 5) is 25.0. The Balaban J connectivity index is 1.38. The molecule has 3 N–H and O–H groups in total. The van der Waals surface area contributed by atoms with E-state index in [1.165, 1.54) is 6.07 Å². The molecular weight excluding hydrogens is 555 g/mol. The molecule has 4 aromatic rings. The lowest BCUT2D eigenvalue weighted by Gasteiger charge is -2.31. The van der Waals surface area contributed by atoms with Crippen molar-refractivity contribution in [2.24, 2.45) is 23.5 Å². The number of pyridine rings is 1. The molecule has 3 aromatic heterocycles. The molecule has 1 aliphatic heterocycles. The Morgan fingerprint density at radius 3 is 2.55 bits per heavy atom. The molecule has 42 heavy (non-hydrogen) atoms. The first kappa shape index (κ1) is 27.7. The van der Waals surface area contributed by atoms with E-state index in [4.69, 9.17) is 15.7 Å². The normalized spacial score (nSPS) is 23.0. The Kier molecular flexibility index (Phi) is 6.56. The molecule has 0 radical (unpaired) electrons. The summed E-state index contributed by atoms with van der Waals surface area (Å²) in [7, 11) is -1.11. The number of aliphatic hydroxyl groups is 1. The second-order valence-corrected chi connectivity index (χ2v) is 14.4. The topological polar surface area (TPSA) is 119 Å². The van der Waals surface area contributed by atoms with Crippen molar-refractivity contribution in [2.45, 2.75) is 64.4 Å². The minimum atomic E-state index is -1.11. The van der Waals surface area contributed by atoms with Crippen LogP contribution in [-0.4, -0.2) is 63.9 Å². The minimum absolute atomic E-state index is 0.238. The number of nitrogens with two attached hydrogens (primary N) is 1. The highest BCUT2D eigenvalue weighted by molar-refractivity contribution is 7.84. The van der Waals surface area contributed by atoms with E-state index >= 15 is 4.39 Å². The number of nitrogens with zero attached hydrogens (tertiary/aromatic N) is 5. The average molecular weight is 593 g/mol. The molecule has 1 unspecified atom stereocenters. The predicted octanol–water partition coefficient (Wildman–Crippen LogP) is 3.97. The molecule has 1 aromatic carbocycles. The first-order chi connectivity index (χ1) is 20.0. The Labute approximate surface area is 246 Å². The van der Waals surface area contributed by atoms with E-state index in [0.29, 0.717) is 53.6 Å². The first-order valence-corrected chi connectivity index (χ1v) is 16.5. The zero-order chi connectivity index (χ0) is 29.5. The third-order valence-corrected chi connectivity index (χ3v) is 10.1. The van der Waals surface area contributed by atoms with Crippen molar-refractivity contribution in [1.82, 2.24) is 24.0 Å². The van der Waals surface area contributed by atoms with Gasteiger partial charge < -0.3 is 24.9 Å². The molecule has 0 spiro atoms. The van der Waals surface area contributed by atoms with Crippen molar-refractivity contribution in [3.05, 3.63) is 47.4 Å². The fraction of sp³-hybridized carbons (Fsp3) is 0.516. The molecule has 4 atom stereocenters. The van der Waals surface area contributed by atoms with Gasteiger partial charge in [-0.1, -0.05) is 0 Å². The van der Waals surface area contributed by atoms with Crippen molar-refractivity contribution in [3.63, 3.8) is 0 Å². The largest absolute Gasteiger partial charge is 0.384 e. The van der Waals surface area contributed by atoms with Crippen molar-refractivity contribution < 1.29 is 18.5 Å². The predicted molar refractivity (Wildman–Crippen MR) is 161 cm³/mol. The number of imidazole rings is 1. The summed E-state index contributed by atoms with van der Waals surface area (Å²) in [5.74, 6) is 1.31. The summed E-state index contributed by atoms with van der Waals surface area (Å²) in [6.45, 7) is 5.05. The summed E-state index contributed by atoms with van der Waals surface area (Å²) in [6.07, 6.45) is 5.62. The van der Waals surface area contributed by atoms with Crippen molar-refractivity contribution in [3.8, 4) is 11.5 Å². The summed E-state index contributed by atoms with van der Waals surface area (Å²) < 4.78 is 32.1. The standard InChI is InChI=1S/C31H37FN6O3S/c1-31(2,40)25-9-7-18-14-24(37(28(18)35-25)15-17-4-5-17)29-34-23-13-20(12-22(32)26(23)36(29)10-11-42(3)41)30(39)38-16-19-6-8-21(19)27(38)33/h7,9,12-14,17,19,21,27,40H,4-6,8,10-11,15-16,33H2,1-3H3/t19-,21-,27+,42?/m1/s1. The summed E-state index contributed by atoms with van der Waals surface area (Å²) in [5, 5.41) is 11.5. The van der Waals surface area contributed by atoms with Gasteiger partial charge in [-0.2, -0.15) is 0 Å². The maximum absolute atomic E-state index is 16.0. The van der Waals surface area contributed by atoms with E-state index in [-0.39, 0.29) is 23.2 Å². The van der Waals surface area contributed by atoms with Gasteiger partial charge >= 0.3 is 0 Å². The Morgan fingerprint density at radius 1 is 1.14 bits per heavy atom. The van der Waals surface area contributed by atoms with Gasteiger partial charge in [-0.25, -0.2) is 14.4 Å². The third-order valence-electron chi connectivity index (χ3n) is 9.35. The van der Waals surface area contributed by atoms with Gasteiger partial charge in [0, 0.05) is 53.4 Å². The second kappa shape index (κ2) is 9.96. The molecule has 1 saturated heterocycles. The Hall–Kier alpha value is -3.15. The van der Waals surface area contributed by atoms with Crippen molar-refractivity contribution >= 4 is 38.8 Å². The van der Waals surface area contributed by atoms with E-state index in [2.05, 4.69) is 4.57 Å². The number of amides is 1. The molecule has 3 fully saturated rings. The van der Waals surface area contributed by atoms with E-state index in [1.54, 1.807) is 35.6 Å². The lowest BCUT2D eigenvalue weighted by molar-refractivity contribution is 0.0721. The van der Waals surface area contributed by atoms with Crippen LogP contribution in [0.25, 0.3) is 33.6 Å². The minimum Gasteiger partial charge on any atom is -0.384 e. The van der Waals surface area contributed by atoms with Crippen LogP contribution in [0.2, 0.25) is 0 Å². The van der Waals surface area contributed by atoms with Crippen LogP contribution in [0.5, 0.6) is 0 Å². The summed E-state index contributed by atoms with van der Waals surface area (Å²) in [5.41, 5.74) is 8.27. The molecule has 0 bridgehead atoms. The van der Waals surface area contributed by atoms with Gasteiger partial charge in [0.25, 0.3) is 5.91 Å². The van der Waals surface area contributed by atoms with Crippen LogP contribution in [0.1, 0.15) is 55.6 Å². The highest BCUT2D eigenvalue weighted by Gasteiger charge is 2.47. The van der Waals surface area contributed by atoms with Crippen LogP contribution in [0.3, 0.4) is 0 Å². The maximum atomic E-state index is 16.0. The number of rotatable bonds is 8.